The maximum absolute atomic E-state index is 13.4. The van der Waals surface area contributed by atoms with Crippen molar-refractivity contribution in [3.63, 3.8) is 0 Å². The Balaban J connectivity index is 1.78. The molecule has 1 unspecified atom stereocenters. The molecule has 0 amide bonds. The number of ether oxygens (including phenoxy) is 1. The number of halogens is 1. The third-order valence-corrected chi connectivity index (χ3v) is 6.39. The van der Waals surface area contributed by atoms with Gasteiger partial charge in [-0.2, -0.15) is 0 Å². The van der Waals surface area contributed by atoms with Crippen LogP contribution in [0.5, 0.6) is 0 Å². The fraction of sp³-hybridized carbons (Fsp3) is 0.320. The number of Topliss-reactive ketones (excluding diaryl/α,β-unsaturated/α-hetero) is 1. The van der Waals surface area contributed by atoms with Gasteiger partial charge in [0, 0.05) is 28.8 Å². The minimum absolute atomic E-state index is 0.0657. The summed E-state index contributed by atoms with van der Waals surface area (Å²) in [6, 6.07) is 15.7. The number of methoxy groups -OCH3 is 1. The van der Waals surface area contributed by atoms with E-state index in [1.807, 2.05) is 62.4 Å². The number of benzene rings is 2. The zero-order valence-corrected chi connectivity index (χ0v) is 18.1. The number of ketones is 1. The van der Waals surface area contributed by atoms with E-state index in [1.165, 1.54) is 7.11 Å². The number of fused-ring (bicyclic) bond motifs is 1. The van der Waals surface area contributed by atoms with Gasteiger partial charge in [0.15, 0.2) is 0 Å². The molecule has 2 aliphatic rings. The van der Waals surface area contributed by atoms with Crippen molar-refractivity contribution in [1.29, 1.82) is 0 Å². The van der Waals surface area contributed by atoms with Crippen molar-refractivity contribution in [3.05, 3.63) is 81.5 Å². The first-order chi connectivity index (χ1) is 14.4. The van der Waals surface area contributed by atoms with Crippen LogP contribution < -0.4 is 0 Å². The van der Waals surface area contributed by atoms with Gasteiger partial charge in [-0.3, -0.25) is 9.79 Å². The molecule has 1 fully saturated rings. The summed E-state index contributed by atoms with van der Waals surface area (Å²) in [7, 11) is 1.37. The molecule has 1 saturated carbocycles. The summed E-state index contributed by atoms with van der Waals surface area (Å²) in [5.41, 5.74) is 5.11. The molecule has 0 spiro atoms. The first-order valence-corrected chi connectivity index (χ1v) is 10.5. The number of allylic oxidation sites excluding steroid dienone is 1. The summed E-state index contributed by atoms with van der Waals surface area (Å²) >= 11 is 6.03. The third kappa shape index (κ3) is 3.72. The van der Waals surface area contributed by atoms with Crippen molar-refractivity contribution < 1.29 is 14.3 Å². The molecular weight excluding hydrogens is 398 g/mol. The van der Waals surface area contributed by atoms with Gasteiger partial charge in [0.2, 0.25) is 0 Å². The zero-order valence-electron chi connectivity index (χ0n) is 17.3. The van der Waals surface area contributed by atoms with Gasteiger partial charge < -0.3 is 4.74 Å². The number of aryl methyl sites for hydroxylation is 1. The Kier molecular flexibility index (Phi) is 5.61. The largest absolute Gasteiger partial charge is 0.466 e. The molecule has 154 valence electrons. The molecule has 0 bridgehead atoms. The minimum Gasteiger partial charge on any atom is -0.466 e. The van der Waals surface area contributed by atoms with E-state index < -0.39 is 11.9 Å². The number of esters is 1. The maximum atomic E-state index is 13.4. The lowest BCUT2D eigenvalue weighted by Crippen LogP contribution is -2.41. The highest BCUT2D eigenvalue weighted by molar-refractivity contribution is 6.30. The number of nitrogens with zero attached hydrogens (tertiary/aromatic N) is 1. The standard InChI is InChI=1S/C25H24ClNO3/c1-14-4-6-17(7-5-14)23-22(25(29)30-3)15(2)27-20-12-18(13-21(28)24(20)23)16-8-10-19(26)11-9-16/h4-11,18,23-24H,12-13H2,1-3H3/t18-,23+,24?/m0/s1. The molecule has 30 heavy (non-hydrogen) atoms. The number of carbonyl (C=O) groups is 2. The Labute approximate surface area is 181 Å². The summed E-state index contributed by atoms with van der Waals surface area (Å²) in [6.45, 7) is 3.84. The summed E-state index contributed by atoms with van der Waals surface area (Å²) in [5.74, 6) is -1.05. The van der Waals surface area contributed by atoms with Gasteiger partial charge in [-0.25, -0.2) is 4.79 Å². The molecule has 0 saturated heterocycles. The highest BCUT2D eigenvalue weighted by atomic mass is 35.5. The fourth-order valence-electron chi connectivity index (χ4n) is 4.66. The molecular formula is C25H24ClNO3. The molecule has 4 nitrogen and oxygen atoms in total. The van der Waals surface area contributed by atoms with Gasteiger partial charge >= 0.3 is 5.97 Å². The van der Waals surface area contributed by atoms with Gasteiger partial charge in [0.05, 0.1) is 18.6 Å². The van der Waals surface area contributed by atoms with E-state index in [0.29, 0.717) is 29.1 Å². The second-order valence-electron chi connectivity index (χ2n) is 8.08. The Bertz CT molecular complexity index is 1050. The number of carbonyl (C=O) groups excluding carboxylic acids is 2. The number of aliphatic imine (C=N–C) groups is 1. The molecule has 5 heteroatoms. The SMILES string of the molecule is COC(=O)C1=C(C)N=C2C[C@H](c3ccc(Cl)cc3)CC(=O)C2[C@@H]1c1ccc(C)cc1. The molecule has 1 heterocycles. The van der Waals surface area contributed by atoms with E-state index >= 15 is 0 Å². The van der Waals surface area contributed by atoms with Crippen LogP contribution in [0, 0.1) is 12.8 Å². The van der Waals surface area contributed by atoms with E-state index in [-0.39, 0.29) is 17.6 Å². The lowest BCUT2D eigenvalue weighted by molar-refractivity contribution is -0.136. The normalized spacial score (nSPS) is 23.7. The topological polar surface area (TPSA) is 55.7 Å². The summed E-state index contributed by atoms with van der Waals surface area (Å²) in [4.78, 5) is 30.8. The summed E-state index contributed by atoms with van der Waals surface area (Å²) in [6.07, 6.45) is 1.10. The van der Waals surface area contributed by atoms with Crippen LogP contribution >= 0.6 is 11.6 Å². The first kappa shape index (κ1) is 20.5. The summed E-state index contributed by atoms with van der Waals surface area (Å²) < 4.78 is 5.06. The van der Waals surface area contributed by atoms with Gasteiger partial charge in [0.1, 0.15) is 5.78 Å². The van der Waals surface area contributed by atoms with Crippen molar-refractivity contribution in [2.75, 3.05) is 7.11 Å². The molecule has 2 aromatic carbocycles. The van der Waals surface area contributed by atoms with Gasteiger partial charge in [-0.15, -0.1) is 0 Å². The van der Waals surface area contributed by atoms with Crippen LogP contribution in [0.4, 0.5) is 0 Å². The predicted molar refractivity (Wildman–Crippen MR) is 118 cm³/mol. The monoisotopic (exact) mass is 421 g/mol. The quantitative estimate of drug-likeness (QED) is 0.624. The van der Waals surface area contributed by atoms with Crippen molar-refractivity contribution in [2.24, 2.45) is 10.9 Å². The van der Waals surface area contributed by atoms with Crippen molar-refractivity contribution in [2.45, 2.75) is 38.5 Å². The lowest BCUT2D eigenvalue weighted by atomic mass is 9.66. The second-order valence-corrected chi connectivity index (χ2v) is 8.52. The summed E-state index contributed by atoms with van der Waals surface area (Å²) in [5, 5.41) is 0.676. The molecule has 0 N–H and O–H groups in total. The first-order valence-electron chi connectivity index (χ1n) is 10.1. The van der Waals surface area contributed by atoms with Gasteiger partial charge in [-0.05, 0) is 49.4 Å². The van der Waals surface area contributed by atoms with Crippen LogP contribution in [-0.2, 0) is 14.3 Å². The Hall–Kier alpha value is -2.72. The van der Waals surface area contributed by atoms with E-state index in [4.69, 9.17) is 21.3 Å². The Morgan fingerprint density at radius 3 is 2.23 bits per heavy atom. The van der Waals surface area contributed by atoms with E-state index in [2.05, 4.69) is 0 Å². The Morgan fingerprint density at radius 2 is 1.60 bits per heavy atom. The Morgan fingerprint density at radius 1 is 0.967 bits per heavy atom. The number of hydrogen-bond acceptors (Lipinski definition) is 4. The van der Waals surface area contributed by atoms with Crippen molar-refractivity contribution >= 4 is 29.1 Å². The zero-order chi connectivity index (χ0) is 21.4. The van der Waals surface area contributed by atoms with Crippen LogP contribution in [-0.4, -0.2) is 24.6 Å². The van der Waals surface area contributed by atoms with Crippen LogP contribution in [0.3, 0.4) is 0 Å². The molecule has 1 aliphatic carbocycles. The van der Waals surface area contributed by atoms with Gasteiger partial charge in [0.25, 0.3) is 0 Å². The lowest BCUT2D eigenvalue weighted by Gasteiger charge is -2.38. The molecule has 2 aromatic rings. The van der Waals surface area contributed by atoms with E-state index in [0.717, 1.165) is 22.4 Å². The van der Waals surface area contributed by atoms with Crippen molar-refractivity contribution in [3.8, 4) is 0 Å². The second kappa shape index (κ2) is 8.19. The van der Waals surface area contributed by atoms with E-state index in [9.17, 15) is 9.59 Å². The van der Waals surface area contributed by atoms with E-state index in [1.54, 1.807) is 0 Å². The highest BCUT2D eigenvalue weighted by Gasteiger charge is 2.45. The maximum Gasteiger partial charge on any atom is 0.336 e. The third-order valence-electron chi connectivity index (χ3n) is 6.14. The number of hydrogen-bond donors (Lipinski definition) is 0. The van der Waals surface area contributed by atoms with Crippen molar-refractivity contribution in [1.82, 2.24) is 0 Å². The molecule has 1 aliphatic heterocycles. The fourth-order valence-corrected chi connectivity index (χ4v) is 4.78. The van der Waals surface area contributed by atoms with Gasteiger partial charge in [-0.1, -0.05) is 53.6 Å². The van der Waals surface area contributed by atoms with Crippen LogP contribution in [0.2, 0.25) is 5.02 Å². The molecule has 0 radical (unpaired) electrons. The van der Waals surface area contributed by atoms with Crippen LogP contribution in [0.1, 0.15) is 48.3 Å². The molecule has 0 aromatic heterocycles. The van der Waals surface area contributed by atoms with Crippen LogP contribution in [0.15, 0.2) is 64.8 Å². The average Bonchev–Trinajstić information content (AvgIpc) is 2.73. The highest BCUT2D eigenvalue weighted by Crippen LogP contribution is 2.46. The number of rotatable bonds is 3. The molecule has 3 atom stereocenters. The smallest absolute Gasteiger partial charge is 0.336 e. The minimum atomic E-state index is -0.436. The van der Waals surface area contributed by atoms with Crippen LogP contribution in [0.25, 0.3) is 0 Å². The molecule has 4 rings (SSSR count). The average molecular weight is 422 g/mol. The predicted octanol–water partition coefficient (Wildman–Crippen LogP) is 5.40.